The first-order valence-corrected chi connectivity index (χ1v) is 5.76. The minimum absolute atomic E-state index is 0.0774. The number of nitrogens with zero attached hydrogens (tertiary/aromatic N) is 2. The van der Waals surface area contributed by atoms with Crippen LogP contribution in [0.2, 0.25) is 0 Å². The van der Waals surface area contributed by atoms with E-state index in [2.05, 4.69) is 24.2 Å². The number of nitro benzene ring substituents is 1. The number of guanidine groups is 1. The monoisotopic (exact) mass is 250 g/mol. The van der Waals surface area contributed by atoms with Crippen LogP contribution in [0.3, 0.4) is 0 Å². The summed E-state index contributed by atoms with van der Waals surface area (Å²) in [4.78, 5) is 14.2. The lowest BCUT2D eigenvalue weighted by atomic mass is 10.2. The third kappa shape index (κ3) is 4.82. The number of rotatable bonds is 5. The van der Waals surface area contributed by atoms with Crippen LogP contribution >= 0.6 is 0 Å². The molecule has 6 heteroatoms. The van der Waals surface area contributed by atoms with Crippen molar-refractivity contribution in [1.29, 1.82) is 0 Å². The zero-order chi connectivity index (χ0) is 13.5. The molecule has 0 fully saturated rings. The lowest BCUT2D eigenvalue weighted by Gasteiger charge is -2.07. The highest BCUT2D eigenvalue weighted by molar-refractivity contribution is 5.77. The van der Waals surface area contributed by atoms with Gasteiger partial charge in [-0.2, -0.15) is 0 Å². The van der Waals surface area contributed by atoms with Gasteiger partial charge in [0.05, 0.1) is 11.5 Å². The van der Waals surface area contributed by atoms with Gasteiger partial charge in [0.1, 0.15) is 0 Å². The molecular formula is C12H18N4O2. The number of nitro groups is 1. The van der Waals surface area contributed by atoms with Crippen LogP contribution in [-0.2, 0) is 6.54 Å². The van der Waals surface area contributed by atoms with Crippen molar-refractivity contribution in [2.24, 2.45) is 16.6 Å². The molecule has 0 aliphatic carbocycles. The topological polar surface area (TPSA) is 93.5 Å². The van der Waals surface area contributed by atoms with Gasteiger partial charge in [-0.05, 0) is 11.5 Å². The van der Waals surface area contributed by atoms with E-state index in [1.165, 1.54) is 12.1 Å². The fourth-order valence-corrected chi connectivity index (χ4v) is 1.26. The van der Waals surface area contributed by atoms with E-state index in [-0.39, 0.29) is 5.69 Å². The van der Waals surface area contributed by atoms with Gasteiger partial charge in [-0.25, -0.2) is 4.99 Å². The fourth-order valence-electron chi connectivity index (χ4n) is 1.26. The predicted octanol–water partition coefficient (Wildman–Crippen LogP) is 1.66. The maximum absolute atomic E-state index is 10.5. The van der Waals surface area contributed by atoms with Gasteiger partial charge in [0.25, 0.3) is 5.69 Å². The van der Waals surface area contributed by atoms with Crippen molar-refractivity contribution >= 4 is 11.6 Å². The Bertz CT molecular complexity index is 426. The van der Waals surface area contributed by atoms with E-state index in [0.717, 1.165) is 12.1 Å². The van der Waals surface area contributed by atoms with E-state index < -0.39 is 4.92 Å². The summed E-state index contributed by atoms with van der Waals surface area (Å²) in [5, 5.41) is 13.5. The molecule has 0 heterocycles. The van der Waals surface area contributed by atoms with E-state index in [1.54, 1.807) is 12.1 Å². The second-order valence-electron chi connectivity index (χ2n) is 4.40. The molecule has 0 amide bonds. The molecule has 1 aromatic rings. The first-order chi connectivity index (χ1) is 8.49. The van der Waals surface area contributed by atoms with Gasteiger partial charge in [-0.3, -0.25) is 10.1 Å². The SMILES string of the molecule is CC(C)CNC(N)=NCc1ccc([N+](=O)[O-])cc1. The van der Waals surface area contributed by atoms with Gasteiger partial charge in [-0.15, -0.1) is 0 Å². The van der Waals surface area contributed by atoms with Crippen LogP contribution in [0.15, 0.2) is 29.3 Å². The Balaban J connectivity index is 2.52. The van der Waals surface area contributed by atoms with Crippen molar-refractivity contribution in [2.45, 2.75) is 20.4 Å². The average molecular weight is 250 g/mol. The van der Waals surface area contributed by atoms with Gasteiger partial charge in [-0.1, -0.05) is 26.0 Å². The molecule has 1 rings (SSSR count). The second kappa shape index (κ2) is 6.58. The molecule has 0 aromatic heterocycles. The first kappa shape index (κ1) is 14.0. The summed E-state index contributed by atoms with van der Waals surface area (Å²) in [6.45, 7) is 5.34. The molecule has 0 bridgehead atoms. The highest BCUT2D eigenvalue weighted by Gasteiger charge is 2.03. The van der Waals surface area contributed by atoms with Gasteiger partial charge in [0.2, 0.25) is 0 Å². The van der Waals surface area contributed by atoms with E-state index >= 15 is 0 Å². The molecule has 0 saturated carbocycles. The maximum Gasteiger partial charge on any atom is 0.269 e. The standard InChI is InChI=1S/C12H18N4O2/c1-9(2)7-14-12(13)15-8-10-3-5-11(6-4-10)16(17)18/h3-6,9H,7-8H2,1-2H3,(H3,13,14,15). The Kier molecular flexibility index (Phi) is 5.10. The molecule has 98 valence electrons. The number of aliphatic imine (C=N–C) groups is 1. The normalized spacial score (nSPS) is 11.6. The van der Waals surface area contributed by atoms with Crippen LogP contribution in [0.1, 0.15) is 19.4 Å². The van der Waals surface area contributed by atoms with Gasteiger partial charge in [0.15, 0.2) is 5.96 Å². The first-order valence-electron chi connectivity index (χ1n) is 5.76. The predicted molar refractivity (Wildman–Crippen MR) is 71.3 cm³/mol. The number of benzene rings is 1. The number of hydrogen-bond acceptors (Lipinski definition) is 3. The quantitative estimate of drug-likeness (QED) is 0.359. The zero-order valence-corrected chi connectivity index (χ0v) is 10.6. The van der Waals surface area contributed by atoms with E-state index in [4.69, 9.17) is 5.73 Å². The maximum atomic E-state index is 10.5. The Morgan fingerprint density at radius 3 is 2.56 bits per heavy atom. The van der Waals surface area contributed by atoms with Crippen LogP contribution in [0, 0.1) is 16.0 Å². The molecule has 0 spiro atoms. The molecule has 0 atom stereocenters. The van der Waals surface area contributed by atoms with Crippen molar-refractivity contribution in [3.63, 3.8) is 0 Å². The summed E-state index contributed by atoms with van der Waals surface area (Å²) in [6, 6.07) is 6.28. The molecule has 0 radical (unpaired) electrons. The van der Waals surface area contributed by atoms with Gasteiger partial charge < -0.3 is 11.1 Å². The van der Waals surface area contributed by atoms with E-state index in [0.29, 0.717) is 18.4 Å². The fraction of sp³-hybridized carbons (Fsp3) is 0.417. The number of nitrogens with two attached hydrogens (primary N) is 1. The third-order valence-electron chi connectivity index (χ3n) is 2.27. The zero-order valence-electron chi connectivity index (χ0n) is 10.6. The molecule has 3 N–H and O–H groups in total. The number of hydrogen-bond donors (Lipinski definition) is 2. The molecule has 0 unspecified atom stereocenters. The summed E-state index contributed by atoms with van der Waals surface area (Å²) >= 11 is 0. The van der Waals surface area contributed by atoms with Crippen molar-refractivity contribution in [2.75, 3.05) is 6.54 Å². The highest BCUT2D eigenvalue weighted by Crippen LogP contribution is 2.12. The highest BCUT2D eigenvalue weighted by atomic mass is 16.6. The average Bonchev–Trinajstić information content (AvgIpc) is 2.34. The Labute approximate surface area is 106 Å². The molecule has 0 aliphatic rings. The minimum atomic E-state index is -0.425. The summed E-state index contributed by atoms with van der Waals surface area (Å²) < 4.78 is 0. The number of nitrogens with one attached hydrogen (secondary N) is 1. The molecule has 0 saturated heterocycles. The van der Waals surface area contributed by atoms with E-state index in [9.17, 15) is 10.1 Å². The van der Waals surface area contributed by atoms with Gasteiger partial charge in [0, 0.05) is 18.7 Å². The van der Waals surface area contributed by atoms with Crippen LogP contribution in [0.25, 0.3) is 0 Å². The third-order valence-corrected chi connectivity index (χ3v) is 2.27. The molecule has 6 nitrogen and oxygen atoms in total. The Morgan fingerprint density at radius 2 is 2.06 bits per heavy atom. The van der Waals surface area contributed by atoms with Crippen LogP contribution in [0.4, 0.5) is 5.69 Å². The minimum Gasteiger partial charge on any atom is -0.370 e. The smallest absolute Gasteiger partial charge is 0.269 e. The Hall–Kier alpha value is -2.11. The van der Waals surface area contributed by atoms with Crippen LogP contribution in [0.5, 0.6) is 0 Å². The van der Waals surface area contributed by atoms with Crippen LogP contribution < -0.4 is 11.1 Å². The lowest BCUT2D eigenvalue weighted by Crippen LogP contribution is -2.34. The lowest BCUT2D eigenvalue weighted by molar-refractivity contribution is -0.384. The van der Waals surface area contributed by atoms with E-state index in [1.807, 2.05) is 0 Å². The van der Waals surface area contributed by atoms with Crippen molar-refractivity contribution in [1.82, 2.24) is 5.32 Å². The summed E-state index contributed by atoms with van der Waals surface area (Å²) in [7, 11) is 0. The van der Waals surface area contributed by atoms with Gasteiger partial charge >= 0.3 is 0 Å². The summed E-state index contributed by atoms with van der Waals surface area (Å²) in [6.07, 6.45) is 0. The second-order valence-corrected chi connectivity index (χ2v) is 4.40. The Morgan fingerprint density at radius 1 is 1.44 bits per heavy atom. The molecular weight excluding hydrogens is 232 g/mol. The molecule has 18 heavy (non-hydrogen) atoms. The van der Waals surface area contributed by atoms with Crippen molar-refractivity contribution in [3.05, 3.63) is 39.9 Å². The summed E-state index contributed by atoms with van der Waals surface area (Å²) in [5.41, 5.74) is 6.64. The van der Waals surface area contributed by atoms with Crippen molar-refractivity contribution in [3.8, 4) is 0 Å². The summed E-state index contributed by atoms with van der Waals surface area (Å²) in [5.74, 6) is 0.889. The van der Waals surface area contributed by atoms with Crippen molar-refractivity contribution < 1.29 is 4.92 Å². The van der Waals surface area contributed by atoms with Crippen LogP contribution in [-0.4, -0.2) is 17.4 Å². The molecule has 0 aliphatic heterocycles. The molecule has 1 aromatic carbocycles. The largest absolute Gasteiger partial charge is 0.370 e. The number of non-ortho nitro benzene ring substituents is 1.